The third-order valence-corrected chi connectivity index (χ3v) is 5.52. The van der Waals surface area contributed by atoms with Crippen molar-refractivity contribution in [1.82, 2.24) is 10.9 Å². The normalized spacial score (nSPS) is 10.3. The summed E-state index contributed by atoms with van der Waals surface area (Å²) in [5.74, 6) is -0.393. The van der Waals surface area contributed by atoms with Crippen LogP contribution >= 0.6 is 38.5 Å². The van der Waals surface area contributed by atoms with Crippen LogP contribution in [-0.2, 0) is 6.42 Å². The summed E-state index contributed by atoms with van der Waals surface area (Å²) in [4.78, 5) is 25.0. The molecule has 0 saturated carbocycles. The van der Waals surface area contributed by atoms with Crippen LogP contribution in [0.4, 0.5) is 0 Å². The number of hydrazine groups is 1. The summed E-state index contributed by atoms with van der Waals surface area (Å²) in [6.07, 6.45) is 0.723. The lowest BCUT2D eigenvalue weighted by Gasteiger charge is -2.13. The molecule has 0 heterocycles. The molecule has 0 aliphatic heterocycles. The van der Waals surface area contributed by atoms with Crippen molar-refractivity contribution < 1.29 is 14.3 Å². The molecule has 29 heavy (non-hydrogen) atoms. The molecule has 7 heteroatoms. The zero-order valence-corrected chi connectivity index (χ0v) is 19.1. The first kappa shape index (κ1) is 21.3. The van der Waals surface area contributed by atoms with Crippen molar-refractivity contribution in [2.24, 2.45) is 0 Å². The maximum Gasteiger partial charge on any atom is 0.273 e. The minimum Gasteiger partial charge on any atom is -0.492 e. The highest BCUT2D eigenvalue weighted by molar-refractivity contribution is 14.1. The van der Waals surface area contributed by atoms with Gasteiger partial charge < -0.3 is 4.74 Å². The summed E-state index contributed by atoms with van der Waals surface area (Å²) in [7, 11) is 0. The van der Waals surface area contributed by atoms with Gasteiger partial charge in [0.05, 0.1) is 17.7 Å². The number of ether oxygens (including phenoxy) is 1. The Bertz CT molecular complexity index is 1010. The largest absolute Gasteiger partial charge is 0.492 e. The Labute approximate surface area is 191 Å². The van der Waals surface area contributed by atoms with Crippen LogP contribution in [0.25, 0.3) is 0 Å². The SMILES string of the molecule is O=C(NNC(=O)c1cc(Br)ccc1OCCc1ccccc1)c1ccccc1I. The number of benzene rings is 3. The predicted octanol–water partition coefficient (Wildman–Crippen LogP) is 4.75. The molecule has 0 aliphatic carbocycles. The zero-order valence-electron chi connectivity index (χ0n) is 15.3. The van der Waals surface area contributed by atoms with Gasteiger partial charge in [-0.2, -0.15) is 0 Å². The standard InChI is InChI=1S/C22H18BrIN2O3/c23-16-10-11-20(29-13-12-15-6-2-1-3-7-15)18(14-16)22(28)26-25-21(27)17-8-4-5-9-19(17)24/h1-11,14H,12-13H2,(H,25,27)(H,26,28). The number of halogens is 2. The van der Waals surface area contributed by atoms with Crippen LogP contribution in [0.15, 0.2) is 77.3 Å². The molecular weight excluding hydrogens is 547 g/mol. The van der Waals surface area contributed by atoms with E-state index >= 15 is 0 Å². The lowest BCUT2D eigenvalue weighted by molar-refractivity contribution is 0.0844. The number of hydrogen-bond donors (Lipinski definition) is 2. The quantitative estimate of drug-likeness (QED) is 0.335. The molecule has 0 aliphatic rings. The van der Waals surface area contributed by atoms with Crippen molar-refractivity contribution in [2.75, 3.05) is 6.61 Å². The van der Waals surface area contributed by atoms with Crippen LogP contribution in [0.5, 0.6) is 5.75 Å². The molecule has 0 spiro atoms. The molecule has 148 valence electrons. The van der Waals surface area contributed by atoms with Crippen LogP contribution in [0, 0.1) is 3.57 Å². The van der Waals surface area contributed by atoms with E-state index in [1.54, 1.807) is 30.3 Å². The Kier molecular flexibility index (Phi) is 7.65. The minimum absolute atomic E-state index is 0.329. The lowest BCUT2D eigenvalue weighted by atomic mass is 10.1. The summed E-state index contributed by atoms with van der Waals surface area (Å²) in [5, 5.41) is 0. The van der Waals surface area contributed by atoms with Crippen molar-refractivity contribution in [3.05, 3.63) is 97.5 Å². The molecule has 0 bridgehead atoms. The van der Waals surface area contributed by atoms with E-state index in [1.165, 1.54) is 0 Å². The Morgan fingerprint density at radius 2 is 1.52 bits per heavy atom. The molecule has 0 fully saturated rings. The lowest BCUT2D eigenvalue weighted by Crippen LogP contribution is -2.42. The van der Waals surface area contributed by atoms with Gasteiger partial charge in [-0.3, -0.25) is 20.4 Å². The first-order valence-corrected chi connectivity index (χ1v) is 10.7. The average Bonchev–Trinajstić information content (AvgIpc) is 2.74. The highest BCUT2D eigenvalue weighted by Gasteiger charge is 2.16. The van der Waals surface area contributed by atoms with Gasteiger partial charge in [-0.25, -0.2) is 0 Å². The monoisotopic (exact) mass is 564 g/mol. The van der Waals surface area contributed by atoms with E-state index in [0.29, 0.717) is 23.5 Å². The smallest absolute Gasteiger partial charge is 0.273 e. The van der Waals surface area contributed by atoms with Crippen LogP contribution < -0.4 is 15.6 Å². The number of rotatable bonds is 6. The van der Waals surface area contributed by atoms with Crippen molar-refractivity contribution in [3.63, 3.8) is 0 Å². The number of amides is 2. The molecule has 5 nitrogen and oxygen atoms in total. The Hall–Kier alpha value is -2.39. The van der Waals surface area contributed by atoms with Crippen LogP contribution in [0.3, 0.4) is 0 Å². The number of nitrogens with one attached hydrogen (secondary N) is 2. The maximum absolute atomic E-state index is 12.6. The van der Waals surface area contributed by atoms with E-state index in [9.17, 15) is 9.59 Å². The van der Waals surface area contributed by atoms with Gasteiger partial charge in [-0.1, -0.05) is 58.4 Å². The second-order valence-corrected chi connectivity index (χ2v) is 8.19. The summed E-state index contributed by atoms with van der Waals surface area (Å²) >= 11 is 5.45. The molecule has 3 rings (SSSR count). The van der Waals surface area contributed by atoms with Gasteiger partial charge in [0, 0.05) is 14.5 Å². The van der Waals surface area contributed by atoms with Crippen molar-refractivity contribution in [3.8, 4) is 5.75 Å². The van der Waals surface area contributed by atoms with Crippen LogP contribution in [0.1, 0.15) is 26.3 Å². The molecule has 2 amide bonds. The molecule has 0 unspecified atom stereocenters. The van der Waals surface area contributed by atoms with Gasteiger partial charge in [0.15, 0.2) is 0 Å². The van der Waals surface area contributed by atoms with Crippen LogP contribution in [-0.4, -0.2) is 18.4 Å². The molecular formula is C22H18BrIN2O3. The summed E-state index contributed by atoms with van der Waals surface area (Å²) in [5.41, 5.74) is 6.88. The molecule has 3 aromatic rings. The van der Waals surface area contributed by atoms with Gasteiger partial charge in [-0.15, -0.1) is 0 Å². The van der Waals surface area contributed by atoms with Gasteiger partial charge in [0.1, 0.15) is 5.75 Å². The molecule has 0 radical (unpaired) electrons. The van der Waals surface area contributed by atoms with Crippen molar-refractivity contribution in [1.29, 1.82) is 0 Å². The van der Waals surface area contributed by atoms with E-state index in [2.05, 4.69) is 49.4 Å². The van der Waals surface area contributed by atoms with Crippen molar-refractivity contribution in [2.45, 2.75) is 6.42 Å². The van der Waals surface area contributed by atoms with Gasteiger partial charge in [-0.05, 0) is 58.5 Å². The first-order chi connectivity index (χ1) is 14.0. The molecule has 3 aromatic carbocycles. The average molecular weight is 565 g/mol. The molecule has 0 saturated heterocycles. The third kappa shape index (κ3) is 6.04. The van der Waals surface area contributed by atoms with Gasteiger partial charge in [0.2, 0.25) is 0 Å². The molecule has 2 N–H and O–H groups in total. The number of carbonyl (C=O) groups is 2. The second-order valence-electron chi connectivity index (χ2n) is 6.11. The fourth-order valence-electron chi connectivity index (χ4n) is 2.62. The van der Waals surface area contributed by atoms with E-state index in [-0.39, 0.29) is 5.91 Å². The fraction of sp³-hybridized carbons (Fsp3) is 0.0909. The predicted molar refractivity (Wildman–Crippen MR) is 124 cm³/mol. The summed E-state index contributed by atoms with van der Waals surface area (Å²) < 4.78 is 7.37. The number of carbonyl (C=O) groups excluding carboxylic acids is 2. The maximum atomic E-state index is 12.6. The minimum atomic E-state index is -0.458. The molecule has 0 aromatic heterocycles. The van der Waals surface area contributed by atoms with E-state index in [4.69, 9.17) is 4.74 Å². The second kappa shape index (κ2) is 10.4. The summed E-state index contributed by atoms with van der Waals surface area (Å²) in [6.45, 7) is 0.431. The Morgan fingerprint density at radius 3 is 2.24 bits per heavy atom. The first-order valence-electron chi connectivity index (χ1n) is 8.86. The Morgan fingerprint density at radius 1 is 0.862 bits per heavy atom. The van der Waals surface area contributed by atoms with Gasteiger partial charge in [0.25, 0.3) is 11.8 Å². The van der Waals surface area contributed by atoms with E-state index in [1.807, 2.05) is 42.5 Å². The number of hydrogen-bond acceptors (Lipinski definition) is 3. The highest BCUT2D eigenvalue weighted by Crippen LogP contribution is 2.23. The van der Waals surface area contributed by atoms with Crippen molar-refractivity contribution >= 4 is 50.3 Å². The topological polar surface area (TPSA) is 67.4 Å². The van der Waals surface area contributed by atoms with Crippen LogP contribution in [0.2, 0.25) is 0 Å². The Balaban J connectivity index is 1.64. The zero-order chi connectivity index (χ0) is 20.6. The third-order valence-electron chi connectivity index (χ3n) is 4.09. The summed E-state index contributed by atoms with van der Waals surface area (Å²) in [6, 6.07) is 22.3. The highest BCUT2D eigenvalue weighted by atomic mass is 127. The van der Waals surface area contributed by atoms with Gasteiger partial charge >= 0.3 is 0 Å². The molecule has 0 atom stereocenters. The fourth-order valence-corrected chi connectivity index (χ4v) is 3.62. The van der Waals surface area contributed by atoms with E-state index < -0.39 is 5.91 Å². The van der Waals surface area contributed by atoms with E-state index in [0.717, 1.165) is 20.0 Å².